The second-order valence-electron chi connectivity index (χ2n) is 5.18. The van der Waals surface area contributed by atoms with Crippen LogP contribution in [0.1, 0.15) is 35.5 Å². The van der Waals surface area contributed by atoms with Gasteiger partial charge >= 0.3 is 12.1 Å². The zero-order valence-electron chi connectivity index (χ0n) is 13.0. The van der Waals surface area contributed by atoms with Crippen molar-refractivity contribution in [3.63, 3.8) is 0 Å². The number of aromatic nitrogens is 1. The Morgan fingerprint density at radius 3 is 2.43 bits per heavy atom. The van der Waals surface area contributed by atoms with Crippen molar-refractivity contribution in [1.82, 2.24) is 4.57 Å². The van der Waals surface area contributed by atoms with Crippen LogP contribution >= 0.6 is 0 Å². The lowest BCUT2D eigenvalue weighted by Gasteiger charge is -2.12. The zero-order chi connectivity index (χ0) is 17.4. The van der Waals surface area contributed by atoms with Gasteiger partial charge in [0.05, 0.1) is 18.5 Å². The van der Waals surface area contributed by atoms with Crippen molar-refractivity contribution >= 4 is 22.8 Å². The molecule has 2 rings (SSSR count). The maximum absolute atomic E-state index is 13.5. The molecule has 4 nitrogen and oxygen atoms in total. The van der Waals surface area contributed by atoms with Crippen LogP contribution in [-0.4, -0.2) is 23.1 Å². The van der Waals surface area contributed by atoms with Gasteiger partial charge in [0.15, 0.2) is 0 Å². The molecular weight excluding hydrogens is 311 g/mol. The molecule has 1 aromatic carbocycles. The first-order chi connectivity index (χ1) is 10.7. The van der Waals surface area contributed by atoms with Gasteiger partial charge in [-0.2, -0.15) is 13.2 Å². The molecule has 1 heterocycles. The molecule has 0 N–H and O–H groups in total. The molecule has 0 atom stereocenters. The fourth-order valence-corrected chi connectivity index (χ4v) is 2.63. The Hall–Kier alpha value is -2.31. The standard InChI is InChI=1S/C16H16F3NO3/c1-4-23-14(22)8-12-11-7-9(2)5-6-13(11)20(10(3)21)15(12)16(17,18)19/h5-7H,4,8H2,1-3H3. The highest BCUT2D eigenvalue weighted by molar-refractivity contribution is 5.97. The Balaban J connectivity index is 2.82. The molecule has 0 saturated carbocycles. The predicted octanol–water partition coefficient (Wildman–Crippen LogP) is 3.73. The Labute approximate surface area is 130 Å². The van der Waals surface area contributed by atoms with Crippen LogP contribution in [-0.2, 0) is 22.1 Å². The number of carbonyl (C=O) groups excluding carboxylic acids is 2. The monoisotopic (exact) mass is 327 g/mol. The second-order valence-corrected chi connectivity index (χ2v) is 5.18. The van der Waals surface area contributed by atoms with E-state index in [-0.39, 0.29) is 23.1 Å². The first-order valence-electron chi connectivity index (χ1n) is 7.04. The largest absolute Gasteiger partial charge is 0.466 e. The van der Waals surface area contributed by atoms with E-state index in [0.29, 0.717) is 4.57 Å². The lowest BCUT2D eigenvalue weighted by atomic mass is 10.1. The third kappa shape index (κ3) is 3.23. The van der Waals surface area contributed by atoms with Crippen molar-refractivity contribution in [2.75, 3.05) is 6.61 Å². The molecule has 23 heavy (non-hydrogen) atoms. The molecule has 7 heteroatoms. The number of benzene rings is 1. The van der Waals surface area contributed by atoms with Gasteiger partial charge in [-0.05, 0) is 26.0 Å². The van der Waals surface area contributed by atoms with E-state index in [9.17, 15) is 22.8 Å². The normalized spacial score (nSPS) is 11.7. The van der Waals surface area contributed by atoms with E-state index in [4.69, 9.17) is 4.74 Å². The molecular formula is C16H16F3NO3. The maximum Gasteiger partial charge on any atom is 0.432 e. The van der Waals surface area contributed by atoms with Gasteiger partial charge in [0.2, 0.25) is 5.91 Å². The van der Waals surface area contributed by atoms with E-state index in [2.05, 4.69) is 0 Å². The highest BCUT2D eigenvalue weighted by Crippen LogP contribution is 2.39. The molecule has 0 aliphatic carbocycles. The number of hydrogen-bond acceptors (Lipinski definition) is 3. The third-order valence-electron chi connectivity index (χ3n) is 3.44. The molecule has 1 aromatic heterocycles. The van der Waals surface area contributed by atoms with Crippen LogP contribution in [0.2, 0.25) is 0 Å². The molecule has 0 aliphatic heterocycles. The number of esters is 1. The lowest BCUT2D eigenvalue weighted by Crippen LogP contribution is -2.20. The Kier molecular flexibility index (Phi) is 4.49. The Bertz CT molecular complexity index is 775. The number of carbonyl (C=O) groups is 2. The lowest BCUT2D eigenvalue weighted by molar-refractivity contribution is -0.145. The molecule has 0 fully saturated rings. The van der Waals surface area contributed by atoms with Crippen molar-refractivity contribution < 1.29 is 27.5 Å². The molecule has 0 spiro atoms. The highest BCUT2D eigenvalue weighted by atomic mass is 19.4. The van der Waals surface area contributed by atoms with Crippen molar-refractivity contribution in [2.24, 2.45) is 0 Å². The summed E-state index contributed by atoms with van der Waals surface area (Å²) in [7, 11) is 0. The predicted molar refractivity (Wildman–Crippen MR) is 78.3 cm³/mol. The van der Waals surface area contributed by atoms with Crippen molar-refractivity contribution in [2.45, 2.75) is 33.4 Å². The van der Waals surface area contributed by atoms with Gasteiger partial charge in [-0.25, -0.2) is 0 Å². The van der Waals surface area contributed by atoms with Gasteiger partial charge in [-0.1, -0.05) is 11.6 Å². The van der Waals surface area contributed by atoms with Crippen LogP contribution in [0.25, 0.3) is 10.9 Å². The number of alkyl halides is 3. The minimum Gasteiger partial charge on any atom is -0.466 e. The maximum atomic E-state index is 13.5. The SMILES string of the molecule is CCOC(=O)Cc1c(C(F)(F)F)n(C(C)=O)c2ccc(C)cc12. The number of hydrogen-bond donors (Lipinski definition) is 0. The van der Waals surface area contributed by atoms with Crippen LogP contribution in [0.4, 0.5) is 13.2 Å². The van der Waals surface area contributed by atoms with Crippen LogP contribution in [0.15, 0.2) is 18.2 Å². The molecule has 0 amide bonds. The summed E-state index contributed by atoms with van der Waals surface area (Å²) in [6.45, 7) is 4.44. The average molecular weight is 327 g/mol. The highest BCUT2D eigenvalue weighted by Gasteiger charge is 2.40. The van der Waals surface area contributed by atoms with E-state index in [0.717, 1.165) is 12.5 Å². The van der Waals surface area contributed by atoms with Crippen molar-refractivity contribution in [1.29, 1.82) is 0 Å². The minimum absolute atomic E-state index is 0.0740. The molecule has 0 aliphatic rings. The van der Waals surface area contributed by atoms with E-state index >= 15 is 0 Å². The minimum atomic E-state index is -4.76. The summed E-state index contributed by atoms with van der Waals surface area (Å²) in [5.74, 6) is -1.52. The van der Waals surface area contributed by atoms with Gasteiger partial charge < -0.3 is 4.74 Å². The topological polar surface area (TPSA) is 48.3 Å². The van der Waals surface area contributed by atoms with Crippen molar-refractivity contribution in [3.8, 4) is 0 Å². The molecule has 2 aromatic rings. The Morgan fingerprint density at radius 1 is 1.26 bits per heavy atom. The first-order valence-corrected chi connectivity index (χ1v) is 7.04. The van der Waals surface area contributed by atoms with E-state index in [1.54, 1.807) is 26.0 Å². The van der Waals surface area contributed by atoms with Gasteiger partial charge in [-0.15, -0.1) is 0 Å². The summed E-state index contributed by atoms with van der Waals surface area (Å²) < 4.78 is 45.9. The molecule has 0 saturated heterocycles. The number of aryl methyl sites for hydroxylation is 1. The van der Waals surface area contributed by atoms with E-state index < -0.39 is 30.2 Å². The van der Waals surface area contributed by atoms with E-state index in [1.807, 2.05) is 0 Å². The average Bonchev–Trinajstić information content (AvgIpc) is 2.73. The first kappa shape index (κ1) is 17.1. The second kappa shape index (κ2) is 6.06. The zero-order valence-corrected chi connectivity index (χ0v) is 13.0. The van der Waals surface area contributed by atoms with Crippen LogP contribution in [0.5, 0.6) is 0 Å². The van der Waals surface area contributed by atoms with Crippen LogP contribution in [0.3, 0.4) is 0 Å². The van der Waals surface area contributed by atoms with Gasteiger partial charge in [-0.3, -0.25) is 14.2 Å². The number of rotatable bonds is 3. The summed E-state index contributed by atoms with van der Waals surface area (Å²) >= 11 is 0. The van der Waals surface area contributed by atoms with Crippen LogP contribution < -0.4 is 0 Å². The summed E-state index contributed by atoms with van der Waals surface area (Å²) in [4.78, 5) is 23.5. The van der Waals surface area contributed by atoms with Crippen molar-refractivity contribution in [3.05, 3.63) is 35.0 Å². The number of halogens is 3. The molecule has 124 valence electrons. The molecule has 0 unspecified atom stereocenters. The van der Waals surface area contributed by atoms with Gasteiger partial charge in [0, 0.05) is 17.9 Å². The summed E-state index contributed by atoms with van der Waals surface area (Å²) in [6.07, 6.45) is -5.30. The molecule has 0 radical (unpaired) electrons. The Morgan fingerprint density at radius 2 is 1.91 bits per heavy atom. The smallest absolute Gasteiger partial charge is 0.432 e. The summed E-state index contributed by atoms with van der Waals surface area (Å²) in [5.41, 5.74) is -0.477. The molecule has 0 bridgehead atoms. The van der Waals surface area contributed by atoms with Gasteiger partial charge in [0.1, 0.15) is 5.69 Å². The number of nitrogens with zero attached hydrogens (tertiary/aromatic N) is 1. The number of ether oxygens (including phenoxy) is 1. The van der Waals surface area contributed by atoms with Gasteiger partial charge in [0.25, 0.3) is 0 Å². The summed E-state index contributed by atoms with van der Waals surface area (Å²) in [5, 5.41) is 0.237. The number of fused-ring (bicyclic) bond motifs is 1. The summed E-state index contributed by atoms with van der Waals surface area (Å²) in [6, 6.07) is 4.62. The fourth-order valence-electron chi connectivity index (χ4n) is 2.63. The third-order valence-corrected chi connectivity index (χ3v) is 3.44. The van der Waals surface area contributed by atoms with E-state index in [1.165, 1.54) is 6.07 Å². The fraction of sp³-hybridized carbons (Fsp3) is 0.375. The van der Waals surface area contributed by atoms with Crippen LogP contribution in [0, 0.1) is 6.92 Å². The quantitative estimate of drug-likeness (QED) is 0.807.